The summed E-state index contributed by atoms with van der Waals surface area (Å²) >= 11 is 0. The van der Waals surface area contributed by atoms with Crippen molar-refractivity contribution in [3.63, 3.8) is 0 Å². The Bertz CT molecular complexity index is 603. The van der Waals surface area contributed by atoms with Crippen LogP contribution in [-0.2, 0) is 4.79 Å². The Morgan fingerprint density at radius 3 is 2.74 bits per heavy atom. The SMILES string of the molecule is CCC(NC(=O)C=C1CCN(C)CC1)c1cccc([N+](=O)[O-])c1. The number of rotatable bonds is 5. The first-order valence-electron chi connectivity index (χ1n) is 7.92. The van der Waals surface area contributed by atoms with E-state index in [9.17, 15) is 14.9 Å². The van der Waals surface area contributed by atoms with Gasteiger partial charge in [-0.1, -0.05) is 24.6 Å². The number of carbonyl (C=O) groups is 1. The van der Waals surface area contributed by atoms with Gasteiger partial charge in [0.25, 0.3) is 5.69 Å². The van der Waals surface area contributed by atoms with Crippen molar-refractivity contribution in [1.29, 1.82) is 0 Å². The molecular formula is C17H23N3O3. The monoisotopic (exact) mass is 317 g/mol. The van der Waals surface area contributed by atoms with Crippen LogP contribution in [0.4, 0.5) is 5.69 Å². The molecule has 6 heteroatoms. The first-order chi connectivity index (χ1) is 11.0. The summed E-state index contributed by atoms with van der Waals surface area (Å²) in [6.45, 7) is 3.90. The van der Waals surface area contributed by atoms with Crippen molar-refractivity contribution < 1.29 is 9.72 Å². The van der Waals surface area contributed by atoms with Crippen LogP contribution in [0.25, 0.3) is 0 Å². The summed E-state index contributed by atoms with van der Waals surface area (Å²) in [6, 6.07) is 6.22. The standard InChI is InChI=1S/C17H23N3O3/c1-3-16(14-5-4-6-15(12-14)20(22)23)18-17(21)11-13-7-9-19(2)10-8-13/h4-6,11-12,16H,3,7-10H2,1-2H3,(H,18,21). The van der Waals surface area contributed by atoms with Gasteiger partial charge < -0.3 is 10.2 Å². The molecule has 1 heterocycles. The number of hydrogen-bond acceptors (Lipinski definition) is 4. The van der Waals surface area contributed by atoms with E-state index in [1.807, 2.05) is 13.0 Å². The summed E-state index contributed by atoms with van der Waals surface area (Å²) in [5, 5.41) is 13.8. The second kappa shape index (κ2) is 7.87. The first kappa shape index (κ1) is 17.1. The van der Waals surface area contributed by atoms with Crippen molar-refractivity contribution in [3.05, 3.63) is 51.6 Å². The number of amides is 1. The third kappa shape index (κ3) is 4.89. The van der Waals surface area contributed by atoms with E-state index in [1.54, 1.807) is 12.1 Å². The Balaban J connectivity index is 2.04. The number of nitro benzene ring substituents is 1. The number of nitrogens with one attached hydrogen (secondary N) is 1. The topological polar surface area (TPSA) is 75.5 Å². The number of benzene rings is 1. The molecule has 0 aromatic heterocycles. The second-order valence-corrected chi connectivity index (χ2v) is 5.93. The van der Waals surface area contributed by atoms with Gasteiger partial charge in [0.1, 0.15) is 0 Å². The van der Waals surface area contributed by atoms with E-state index >= 15 is 0 Å². The minimum Gasteiger partial charge on any atom is -0.346 e. The zero-order chi connectivity index (χ0) is 16.8. The molecule has 1 aromatic carbocycles. The number of hydrogen-bond donors (Lipinski definition) is 1. The smallest absolute Gasteiger partial charge is 0.269 e. The zero-order valence-corrected chi connectivity index (χ0v) is 13.6. The maximum absolute atomic E-state index is 12.2. The molecule has 1 aliphatic heterocycles. The summed E-state index contributed by atoms with van der Waals surface area (Å²) < 4.78 is 0. The highest BCUT2D eigenvalue weighted by Gasteiger charge is 2.16. The molecular weight excluding hydrogens is 294 g/mol. The Kier molecular flexibility index (Phi) is 5.87. The molecule has 1 unspecified atom stereocenters. The molecule has 0 saturated carbocycles. The van der Waals surface area contributed by atoms with E-state index in [0.29, 0.717) is 6.42 Å². The largest absolute Gasteiger partial charge is 0.346 e. The molecule has 1 aliphatic rings. The van der Waals surface area contributed by atoms with Crippen LogP contribution in [-0.4, -0.2) is 35.9 Å². The van der Waals surface area contributed by atoms with Crippen LogP contribution < -0.4 is 5.32 Å². The van der Waals surface area contributed by atoms with Crippen molar-refractivity contribution in [1.82, 2.24) is 10.2 Å². The number of nitrogens with zero attached hydrogens (tertiary/aromatic N) is 2. The van der Waals surface area contributed by atoms with Gasteiger partial charge in [0.05, 0.1) is 11.0 Å². The predicted molar refractivity (Wildman–Crippen MR) is 89.1 cm³/mol. The Morgan fingerprint density at radius 2 is 2.13 bits per heavy atom. The molecule has 0 spiro atoms. The molecule has 1 N–H and O–H groups in total. The molecule has 1 fully saturated rings. The summed E-state index contributed by atoms with van der Waals surface area (Å²) in [5.41, 5.74) is 1.97. The number of nitro groups is 1. The van der Waals surface area contributed by atoms with Crippen LogP contribution in [0.3, 0.4) is 0 Å². The van der Waals surface area contributed by atoms with Crippen LogP contribution in [0.1, 0.15) is 37.8 Å². The molecule has 1 amide bonds. The lowest BCUT2D eigenvalue weighted by Crippen LogP contribution is -2.29. The second-order valence-electron chi connectivity index (χ2n) is 5.93. The van der Waals surface area contributed by atoms with E-state index in [2.05, 4.69) is 17.3 Å². The van der Waals surface area contributed by atoms with Crippen molar-refractivity contribution in [2.75, 3.05) is 20.1 Å². The summed E-state index contributed by atoms with van der Waals surface area (Å²) in [6.07, 6.45) is 4.20. The van der Waals surface area contributed by atoms with E-state index in [4.69, 9.17) is 0 Å². The molecule has 0 aliphatic carbocycles. The van der Waals surface area contributed by atoms with Crippen LogP contribution in [0, 0.1) is 10.1 Å². The molecule has 23 heavy (non-hydrogen) atoms. The summed E-state index contributed by atoms with van der Waals surface area (Å²) in [4.78, 5) is 24.9. The summed E-state index contributed by atoms with van der Waals surface area (Å²) in [5.74, 6) is -0.122. The van der Waals surface area contributed by atoms with E-state index in [-0.39, 0.29) is 17.6 Å². The first-order valence-corrected chi connectivity index (χ1v) is 7.92. The Labute approximate surface area is 136 Å². The van der Waals surface area contributed by atoms with Gasteiger partial charge >= 0.3 is 0 Å². The fraction of sp³-hybridized carbons (Fsp3) is 0.471. The van der Waals surface area contributed by atoms with E-state index < -0.39 is 4.92 Å². The van der Waals surface area contributed by atoms with E-state index in [0.717, 1.165) is 37.1 Å². The number of likely N-dealkylation sites (tertiary alicyclic amines) is 1. The highest BCUT2D eigenvalue weighted by Crippen LogP contribution is 2.22. The summed E-state index contributed by atoms with van der Waals surface area (Å²) in [7, 11) is 2.08. The normalized spacial score (nSPS) is 16.7. The Morgan fingerprint density at radius 1 is 1.43 bits per heavy atom. The highest BCUT2D eigenvalue weighted by atomic mass is 16.6. The van der Waals surface area contributed by atoms with E-state index in [1.165, 1.54) is 12.1 Å². The fourth-order valence-corrected chi connectivity index (χ4v) is 2.73. The number of piperidine rings is 1. The van der Waals surface area contributed by atoms with Gasteiger partial charge in [-0.25, -0.2) is 0 Å². The third-order valence-electron chi connectivity index (χ3n) is 4.17. The molecule has 1 saturated heterocycles. The highest BCUT2D eigenvalue weighted by molar-refractivity contribution is 5.88. The van der Waals surface area contributed by atoms with Crippen molar-refractivity contribution in [3.8, 4) is 0 Å². The van der Waals surface area contributed by atoms with Gasteiger partial charge in [0.2, 0.25) is 5.91 Å². The maximum atomic E-state index is 12.2. The average molecular weight is 317 g/mol. The predicted octanol–water partition coefficient (Wildman–Crippen LogP) is 2.81. The van der Waals surface area contributed by atoms with Gasteiger partial charge in [-0.3, -0.25) is 14.9 Å². The molecule has 6 nitrogen and oxygen atoms in total. The third-order valence-corrected chi connectivity index (χ3v) is 4.17. The van der Waals surface area contributed by atoms with Gasteiger partial charge in [0.15, 0.2) is 0 Å². The van der Waals surface area contributed by atoms with Gasteiger partial charge in [-0.15, -0.1) is 0 Å². The molecule has 1 atom stereocenters. The lowest BCUT2D eigenvalue weighted by molar-refractivity contribution is -0.384. The molecule has 0 radical (unpaired) electrons. The molecule has 0 bridgehead atoms. The van der Waals surface area contributed by atoms with Crippen LogP contribution >= 0.6 is 0 Å². The van der Waals surface area contributed by atoms with Gasteiger partial charge in [-0.05, 0) is 31.9 Å². The maximum Gasteiger partial charge on any atom is 0.269 e. The molecule has 124 valence electrons. The van der Waals surface area contributed by atoms with Crippen molar-refractivity contribution in [2.24, 2.45) is 0 Å². The van der Waals surface area contributed by atoms with Crippen molar-refractivity contribution in [2.45, 2.75) is 32.2 Å². The lowest BCUT2D eigenvalue weighted by atomic mass is 10.0. The van der Waals surface area contributed by atoms with Crippen molar-refractivity contribution >= 4 is 11.6 Å². The van der Waals surface area contributed by atoms with Gasteiger partial charge in [-0.2, -0.15) is 0 Å². The Hall–Kier alpha value is -2.21. The van der Waals surface area contributed by atoms with Gasteiger partial charge in [0, 0.05) is 31.3 Å². The minimum absolute atomic E-state index is 0.0453. The average Bonchev–Trinajstić information content (AvgIpc) is 2.55. The van der Waals surface area contributed by atoms with Crippen LogP contribution in [0.5, 0.6) is 0 Å². The van der Waals surface area contributed by atoms with Crippen LogP contribution in [0.15, 0.2) is 35.9 Å². The quantitative estimate of drug-likeness (QED) is 0.515. The van der Waals surface area contributed by atoms with Crippen LogP contribution in [0.2, 0.25) is 0 Å². The lowest BCUT2D eigenvalue weighted by Gasteiger charge is -2.24. The minimum atomic E-state index is -0.418. The zero-order valence-electron chi connectivity index (χ0n) is 13.6. The molecule has 1 aromatic rings. The fourth-order valence-electron chi connectivity index (χ4n) is 2.73. The molecule has 2 rings (SSSR count). The number of carbonyl (C=O) groups excluding carboxylic acids is 1. The number of non-ortho nitro benzene ring substituents is 1.